The maximum absolute atomic E-state index is 10.1. The van der Waals surface area contributed by atoms with Crippen LogP contribution in [0.2, 0.25) is 0 Å². The van der Waals surface area contributed by atoms with Crippen LogP contribution < -0.4 is 5.32 Å². The minimum absolute atomic E-state index is 0.414. The lowest BCUT2D eigenvalue weighted by molar-refractivity contribution is -0.519. The van der Waals surface area contributed by atoms with Crippen molar-refractivity contribution in [3.8, 4) is 0 Å². The van der Waals surface area contributed by atoms with Gasteiger partial charge in [0.15, 0.2) is 6.23 Å². The van der Waals surface area contributed by atoms with Gasteiger partial charge in [0, 0.05) is 0 Å². The van der Waals surface area contributed by atoms with Crippen molar-refractivity contribution in [1.82, 2.24) is 5.32 Å². The molecule has 0 aromatic carbocycles. The average molecular weight is 163 g/mol. The molecule has 0 aromatic heterocycles. The zero-order valence-electron chi connectivity index (χ0n) is 5.78. The van der Waals surface area contributed by atoms with Gasteiger partial charge >= 0.3 is 6.09 Å². The number of carbonyl (C=O) groups is 1. The molecule has 0 bridgehead atoms. The predicted molar refractivity (Wildman–Crippen MR) is 32.3 cm³/mol. The van der Waals surface area contributed by atoms with Gasteiger partial charge in [-0.3, -0.25) is 5.32 Å². The largest absolute Gasteiger partial charge is 0.465 e. The summed E-state index contributed by atoms with van der Waals surface area (Å²) in [5.41, 5.74) is 0. The van der Waals surface area contributed by atoms with Crippen LogP contribution in [0, 0.1) is 0 Å². The first kappa shape index (κ1) is 8.25. The van der Waals surface area contributed by atoms with Crippen molar-refractivity contribution in [3.05, 3.63) is 0 Å². The third kappa shape index (κ3) is 3.17. The van der Waals surface area contributed by atoms with Gasteiger partial charge in [-0.25, -0.2) is 9.68 Å². The van der Waals surface area contributed by atoms with Gasteiger partial charge in [0.1, 0.15) is 0 Å². The van der Waals surface area contributed by atoms with Crippen LogP contribution in [0.5, 0.6) is 0 Å². The second kappa shape index (κ2) is 4.12. The number of amides is 1. The summed E-state index contributed by atoms with van der Waals surface area (Å²) in [6.45, 7) is 0.414. The average Bonchev–Trinajstić information content (AvgIpc) is 2.14. The molecule has 0 aromatic rings. The first-order valence-corrected chi connectivity index (χ1v) is 3.23. The number of nitrogens with one attached hydrogen (secondary N) is 1. The highest BCUT2D eigenvalue weighted by Crippen LogP contribution is 2.05. The lowest BCUT2D eigenvalue weighted by Gasteiger charge is -2.09. The summed E-state index contributed by atoms with van der Waals surface area (Å²) in [4.78, 5) is 19.0. The first-order chi connectivity index (χ1) is 5.29. The van der Waals surface area contributed by atoms with E-state index in [1.807, 2.05) is 0 Å². The zero-order valence-corrected chi connectivity index (χ0v) is 5.78. The Balaban J connectivity index is 2.25. The summed E-state index contributed by atoms with van der Waals surface area (Å²) in [5, 5.41) is 14.6. The Hall–Kier alpha value is -0.850. The highest BCUT2D eigenvalue weighted by molar-refractivity contribution is 5.64. The Kier molecular flexibility index (Phi) is 3.09. The SMILES string of the molecule is O=C(O)NC1CCCOOO1. The molecule has 0 radical (unpaired) electrons. The fourth-order valence-corrected chi connectivity index (χ4v) is 0.719. The molecular weight excluding hydrogens is 154 g/mol. The molecular formula is C5H9NO5. The maximum Gasteiger partial charge on any atom is 0.406 e. The first-order valence-electron chi connectivity index (χ1n) is 3.23. The van der Waals surface area contributed by atoms with Gasteiger partial charge in [-0.05, 0) is 12.8 Å². The van der Waals surface area contributed by atoms with E-state index in [0.29, 0.717) is 19.4 Å². The number of hydrogen-bond donors (Lipinski definition) is 2. The van der Waals surface area contributed by atoms with Crippen molar-refractivity contribution in [1.29, 1.82) is 0 Å². The summed E-state index contributed by atoms with van der Waals surface area (Å²) >= 11 is 0. The van der Waals surface area contributed by atoms with Crippen LogP contribution >= 0.6 is 0 Å². The molecule has 1 amide bonds. The maximum atomic E-state index is 10.1. The van der Waals surface area contributed by atoms with Gasteiger partial charge in [0.05, 0.1) is 6.61 Å². The standard InChI is InChI=1S/C5H9NO5/c7-5(8)6-4-2-1-3-9-11-10-4/h4,6H,1-3H2,(H,7,8). The lowest BCUT2D eigenvalue weighted by Crippen LogP contribution is -2.34. The smallest absolute Gasteiger partial charge is 0.406 e. The number of hydrogen-bond acceptors (Lipinski definition) is 4. The molecule has 1 saturated heterocycles. The van der Waals surface area contributed by atoms with Crippen molar-refractivity contribution in [2.75, 3.05) is 6.61 Å². The van der Waals surface area contributed by atoms with Crippen molar-refractivity contribution >= 4 is 6.09 Å². The third-order valence-electron chi connectivity index (χ3n) is 1.18. The molecule has 6 heteroatoms. The predicted octanol–water partition coefficient (Wildman–Crippen LogP) is 0.254. The van der Waals surface area contributed by atoms with E-state index in [-0.39, 0.29) is 0 Å². The van der Waals surface area contributed by atoms with Crippen LogP contribution in [-0.4, -0.2) is 24.0 Å². The van der Waals surface area contributed by atoms with Gasteiger partial charge in [0.25, 0.3) is 0 Å². The van der Waals surface area contributed by atoms with Crippen LogP contribution in [0.1, 0.15) is 12.8 Å². The summed E-state index contributed by atoms with van der Waals surface area (Å²) in [5.74, 6) is 0. The Morgan fingerprint density at radius 3 is 3.18 bits per heavy atom. The molecule has 1 heterocycles. The number of rotatable bonds is 1. The van der Waals surface area contributed by atoms with Crippen LogP contribution in [-0.2, 0) is 14.8 Å². The molecule has 1 aliphatic heterocycles. The van der Waals surface area contributed by atoms with Crippen molar-refractivity contribution in [2.45, 2.75) is 19.1 Å². The van der Waals surface area contributed by atoms with Gasteiger partial charge in [-0.2, -0.15) is 4.89 Å². The molecule has 6 nitrogen and oxygen atoms in total. The van der Waals surface area contributed by atoms with E-state index in [0.717, 1.165) is 0 Å². The molecule has 1 fully saturated rings. The van der Waals surface area contributed by atoms with Crippen LogP contribution in [0.3, 0.4) is 0 Å². The molecule has 1 unspecified atom stereocenters. The van der Waals surface area contributed by atoms with Gasteiger partial charge in [0.2, 0.25) is 0 Å². The summed E-state index contributed by atoms with van der Waals surface area (Å²) in [7, 11) is 0. The summed E-state index contributed by atoms with van der Waals surface area (Å²) < 4.78 is 0. The Morgan fingerprint density at radius 2 is 2.45 bits per heavy atom. The van der Waals surface area contributed by atoms with Crippen LogP contribution in [0.4, 0.5) is 4.79 Å². The van der Waals surface area contributed by atoms with E-state index in [9.17, 15) is 4.79 Å². The molecule has 0 aliphatic carbocycles. The fourth-order valence-electron chi connectivity index (χ4n) is 0.719. The van der Waals surface area contributed by atoms with E-state index in [1.54, 1.807) is 0 Å². The monoisotopic (exact) mass is 163 g/mol. The fraction of sp³-hybridized carbons (Fsp3) is 0.800. The lowest BCUT2D eigenvalue weighted by atomic mass is 10.3. The molecule has 1 atom stereocenters. The molecule has 1 rings (SSSR count). The van der Waals surface area contributed by atoms with Crippen molar-refractivity contribution in [2.24, 2.45) is 0 Å². The van der Waals surface area contributed by atoms with Crippen molar-refractivity contribution in [3.63, 3.8) is 0 Å². The minimum Gasteiger partial charge on any atom is -0.465 e. The van der Waals surface area contributed by atoms with Crippen LogP contribution in [0.15, 0.2) is 0 Å². The Morgan fingerprint density at radius 1 is 1.64 bits per heavy atom. The summed E-state index contributed by atoms with van der Waals surface area (Å²) in [6, 6.07) is 0. The minimum atomic E-state index is -1.14. The topological polar surface area (TPSA) is 77.0 Å². The van der Waals surface area contributed by atoms with Gasteiger partial charge < -0.3 is 5.11 Å². The van der Waals surface area contributed by atoms with E-state index in [4.69, 9.17) is 5.11 Å². The molecule has 0 spiro atoms. The van der Waals surface area contributed by atoms with Crippen LogP contribution in [0.25, 0.3) is 0 Å². The molecule has 11 heavy (non-hydrogen) atoms. The Bertz CT molecular complexity index is 131. The van der Waals surface area contributed by atoms with E-state index < -0.39 is 12.3 Å². The summed E-state index contributed by atoms with van der Waals surface area (Å²) in [6.07, 6.45) is -0.521. The third-order valence-corrected chi connectivity index (χ3v) is 1.18. The highest BCUT2D eigenvalue weighted by atomic mass is 17.5. The van der Waals surface area contributed by atoms with E-state index in [1.165, 1.54) is 0 Å². The highest BCUT2D eigenvalue weighted by Gasteiger charge is 2.15. The van der Waals surface area contributed by atoms with Crippen molar-refractivity contribution < 1.29 is 24.7 Å². The van der Waals surface area contributed by atoms with E-state index >= 15 is 0 Å². The molecule has 2 N–H and O–H groups in total. The quantitative estimate of drug-likeness (QED) is 0.542. The number of carboxylic acid groups (broad SMARTS) is 1. The molecule has 64 valence electrons. The van der Waals surface area contributed by atoms with Gasteiger partial charge in [-0.15, -0.1) is 0 Å². The second-order valence-corrected chi connectivity index (χ2v) is 2.07. The van der Waals surface area contributed by atoms with Gasteiger partial charge in [-0.1, -0.05) is 5.04 Å². The molecule has 1 aliphatic rings. The normalized spacial score (nSPS) is 25.6. The Labute approximate surface area is 62.9 Å². The zero-order chi connectivity index (χ0) is 8.10. The molecule has 0 saturated carbocycles. The second-order valence-electron chi connectivity index (χ2n) is 2.07. The van der Waals surface area contributed by atoms with E-state index in [2.05, 4.69) is 20.1 Å².